The van der Waals surface area contributed by atoms with E-state index in [1.54, 1.807) is 58.7 Å². The number of nitrogens with one attached hydrogen (secondary N) is 1. The Morgan fingerprint density at radius 3 is 1.92 bits per heavy atom. The number of aliphatic hydroxyl groups excluding tert-OH is 1. The molecule has 12 heteroatoms. The first-order valence-electron chi connectivity index (χ1n) is 17.2. The first-order chi connectivity index (χ1) is 25.8. The van der Waals surface area contributed by atoms with Gasteiger partial charge in [0.15, 0.2) is 6.23 Å². The van der Waals surface area contributed by atoms with Gasteiger partial charge in [0.25, 0.3) is 5.91 Å². The molecular formula is C41H43N3O9. The molecule has 0 saturated carbocycles. The molecule has 0 radical (unpaired) electrons. The van der Waals surface area contributed by atoms with E-state index in [-0.39, 0.29) is 19.0 Å². The van der Waals surface area contributed by atoms with Crippen LogP contribution in [-0.2, 0) is 24.5 Å². The van der Waals surface area contributed by atoms with Crippen LogP contribution in [0.25, 0.3) is 0 Å². The van der Waals surface area contributed by atoms with Gasteiger partial charge in [0.2, 0.25) is 0 Å². The molecule has 5 aromatic rings. The highest BCUT2D eigenvalue weighted by atomic mass is 16.6. The van der Waals surface area contributed by atoms with Crippen molar-refractivity contribution < 1.29 is 38.3 Å². The van der Waals surface area contributed by atoms with Crippen LogP contribution in [0.5, 0.6) is 11.5 Å². The number of carbonyl (C=O) groups excluding carboxylic acids is 1. The molecule has 1 amide bonds. The van der Waals surface area contributed by atoms with Crippen LogP contribution in [0.1, 0.15) is 38.8 Å². The lowest BCUT2D eigenvalue weighted by molar-refractivity contribution is -0.129. The van der Waals surface area contributed by atoms with Gasteiger partial charge < -0.3 is 38.8 Å². The van der Waals surface area contributed by atoms with Crippen LogP contribution in [0.15, 0.2) is 120 Å². The lowest BCUT2D eigenvalue weighted by Gasteiger charge is -2.40. The smallest absolute Gasteiger partial charge is 0.351 e. The van der Waals surface area contributed by atoms with Crippen LogP contribution in [0.4, 0.5) is 5.82 Å². The van der Waals surface area contributed by atoms with Crippen molar-refractivity contribution in [1.82, 2.24) is 9.55 Å². The zero-order valence-corrected chi connectivity index (χ0v) is 30.0. The molecule has 4 aromatic carbocycles. The van der Waals surface area contributed by atoms with Gasteiger partial charge in [-0.2, -0.15) is 4.98 Å². The second-order valence-electron chi connectivity index (χ2n) is 12.4. The molecule has 1 aromatic heterocycles. The molecule has 2 N–H and O–H groups in total. The molecule has 0 unspecified atom stereocenters. The number of amides is 1. The van der Waals surface area contributed by atoms with Gasteiger partial charge in [0, 0.05) is 24.4 Å². The standard InChI is InChI=1S/C41H43N3O9/c1-27-25-44(40(47)43-37(27)42-38(46)28-11-7-5-8-12-28)39-36(51-24-23-48-2)35(34(26-45)52-39)53-41(29-13-9-6-10-14-29,30-15-19-32(49-3)20-16-30)31-17-21-33(50-4)22-18-31/h5-22,25,34-36,39,45H,23-24,26H2,1-4H3,(H,42,43,46,47)/t34-,35-,36-,39-/m1/s1. The molecule has 1 aliphatic rings. The van der Waals surface area contributed by atoms with Crippen molar-refractivity contribution in [3.63, 3.8) is 0 Å². The minimum Gasteiger partial charge on any atom is -0.497 e. The van der Waals surface area contributed by atoms with Crippen LogP contribution >= 0.6 is 0 Å². The lowest BCUT2D eigenvalue weighted by Crippen LogP contribution is -2.46. The van der Waals surface area contributed by atoms with Gasteiger partial charge >= 0.3 is 5.69 Å². The van der Waals surface area contributed by atoms with E-state index in [2.05, 4.69) is 10.3 Å². The minimum atomic E-state index is -1.29. The third kappa shape index (κ3) is 7.87. The van der Waals surface area contributed by atoms with Crippen molar-refractivity contribution in [2.45, 2.75) is 37.1 Å². The fourth-order valence-electron chi connectivity index (χ4n) is 6.54. The maximum Gasteiger partial charge on any atom is 0.351 e. The lowest BCUT2D eigenvalue weighted by atomic mass is 9.79. The Balaban J connectivity index is 1.46. The van der Waals surface area contributed by atoms with E-state index in [1.807, 2.05) is 84.9 Å². The summed E-state index contributed by atoms with van der Waals surface area (Å²) in [5.41, 5.74) is 1.26. The average Bonchev–Trinajstić information content (AvgIpc) is 3.55. The molecule has 2 heterocycles. The minimum absolute atomic E-state index is 0.114. The molecule has 1 fully saturated rings. The summed E-state index contributed by atoms with van der Waals surface area (Å²) in [5.74, 6) is 1.03. The molecule has 1 aliphatic heterocycles. The number of carbonyl (C=O) groups is 1. The van der Waals surface area contributed by atoms with Crippen molar-refractivity contribution >= 4 is 11.7 Å². The van der Waals surface area contributed by atoms with E-state index in [0.717, 1.165) is 16.7 Å². The van der Waals surface area contributed by atoms with E-state index < -0.39 is 48.3 Å². The van der Waals surface area contributed by atoms with Gasteiger partial charge in [0.1, 0.15) is 41.2 Å². The molecule has 276 valence electrons. The van der Waals surface area contributed by atoms with Gasteiger partial charge in [-0.1, -0.05) is 72.8 Å². The highest BCUT2D eigenvalue weighted by molar-refractivity contribution is 6.04. The molecule has 0 bridgehead atoms. The van der Waals surface area contributed by atoms with Crippen LogP contribution in [0, 0.1) is 6.92 Å². The van der Waals surface area contributed by atoms with E-state index in [4.69, 9.17) is 28.4 Å². The number of aryl methyl sites for hydroxylation is 1. The molecule has 12 nitrogen and oxygen atoms in total. The Bertz CT molecular complexity index is 1960. The summed E-state index contributed by atoms with van der Waals surface area (Å²) in [5, 5.41) is 13.6. The molecule has 53 heavy (non-hydrogen) atoms. The molecule has 6 rings (SSSR count). The quantitative estimate of drug-likeness (QED) is 0.111. The number of anilines is 1. The Labute approximate surface area is 307 Å². The molecule has 0 spiro atoms. The van der Waals surface area contributed by atoms with Crippen molar-refractivity contribution in [3.05, 3.63) is 154 Å². The van der Waals surface area contributed by atoms with Gasteiger partial charge in [-0.15, -0.1) is 0 Å². The monoisotopic (exact) mass is 721 g/mol. The largest absolute Gasteiger partial charge is 0.497 e. The predicted octanol–water partition coefficient (Wildman–Crippen LogP) is 5.12. The molecular weight excluding hydrogens is 678 g/mol. The van der Waals surface area contributed by atoms with E-state index >= 15 is 0 Å². The van der Waals surface area contributed by atoms with Crippen molar-refractivity contribution in [1.29, 1.82) is 0 Å². The van der Waals surface area contributed by atoms with Gasteiger partial charge in [-0.3, -0.25) is 9.36 Å². The number of aliphatic hydroxyl groups is 1. The first kappa shape index (κ1) is 37.4. The summed E-state index contributed by atoms with van der Waals surface area (Å²) in [6.07, 6.45) is -2.35. The van der Waals surface area contributed by atoms with Gasteiger partial charge in [-0.05, 0) is 60.0 Å². The summed E-state index contributed by atoms with van der Waals surface area (Å²) >= 11 is 0. The Hall–Kier alpha value is -5.37. The van der Waals surface area contributed by atoms with Crippen LogP contribution < -0.4 is 20.5 Å². The molecule has 4 atom stereocenters. The number of rotatable bonds is 15. The van der Waals surface area contributed by atoms with E-state index in [0.29, 0.717) is 22.6 Å². The second kappa shape index (κ2) is 17.0. The summed E-state index contributed by atoms with van der Waals surface area (Å²) in [6, 6.07) is 33.5. The summed E-state index contributed by atoms with van der Waals surface area (Å²) in [7, 11) is 4.77. The Morgan fingerprint density at radius 2 is 1.38 bits per heavy atom. The van der Waals surface area contributed by atoms with Gasteiger partial charge in [-0.25, -0.2) is 4.79 Å². The van der Waals surface area contributed by atoms with Crippen molar-refractivity contribution in [2.24, 2.45) is 0 Å². The highest BCUT2D eigenvalue weighted by Crippen LogP contribution is 2.46. The van der Waals surface area contributed by atoms with E-state index in [1.165, 1.54) is 4.57 Å². The number of hydrogen-bond acceptors (Lipinski definition) is 10. The fourth-order valence-corrected chi connectivity index (χ4v) is 6.54. The Kier molecular flexibility index (Phi) is 12.0. The van der Waals surface area contributed by atoms with Crippen molar-refractivity contribution in [2.75, 3.05) is 46.5 Å². The third-order valence-corrected chi connectivity index (χ3v) is 9.23. The zero-order chi connectivity index (χ0) is 37.4. The number of benzene rings is 4. The topological polar surface area (TPSA) is 140 Å². The fraction of sp³-hybridized carbons (Fsp3) is 0.293. The average molecular weight is 722 g/mol. The molecule has 1 saturated heterocycles. The SMILES string of the molecule is COCCO[C@@H]1[C@H](OC(c2ccccc2)(c2ccc(OC)cc2)c2ccc(OC)cc2)[C@@H](CO)O[C@H]1n1cc(C)c(NC(=O)c2ccccc2)nc1=O. The highest BCUT2D eigenvalue weighted by Gasteiger charge is 2.52. The number of aromatic nitrogens is 2. The maximum atomic E-state index is 13.8. The van der Waals surface area contributed by atoms with Crippen LogP contribution in [0.2, 0.25) is 0 Å². The third-order valence-electron chi connectivity index (χ3n) is 9.23. The Morgan fingerprint density at radius 1 is 0.811 bits per heavy atom. The summed E-state index contributed by atoms with van der Waals surface area (Å²) in [6.45, 7) is 1.66. The van der Waals surface area contributed by atoms with Crippen LogP contribution in [-0.4, -0.2) is 80.0 Å². The second-order valence-corrected chi connectivity index (χ2v) is 12.4. The molecule has 0 aliphatic carbocycles. The van der Waals surface area contributed by atoms with E-state index in [9.17, 15) is 14.7 Å². The first-order valence-corrected chi connectivity index (χ1v) is 17.2. The van der Waals surface area contributed by atoms with Gasteiger partial charge in [0.05, 0.1) is 34.0 Å². The number of methoxy groups -OCH3 is 3. The zero-order valence-electron chi connectivity index (χ0n) is 30.0. The number of nitrogens with zero attached hydrogens (tertiary/aromatic N) is 2. The normalized spacial score (nSPS) is 18.4. The van der Waals surface area contributed by atoms with Crippen LogP contribution in [0.3, 0.4) is 0 Å². The number of ether oxygens (including phenoxy) is 6. The van der Waals surface area contributed by atoms with Crippen molar-refractivity contribution in [3.8, 4) is 11.5 Å². The maximum absolute atomic E-state index is 13.8. The predicted molar refractivity (Wildman–Crippen MR) is 197 cm³/mol. The number of hydrogen-bond donors (Lipinski definition) is 2. The summed E-state index contributed by atoms with van der Waals surface area (Å²) < 4.78 is 37.9. The summed E-state index contributed by atoms with van der Waals surface area (Å²) in [4.78, 5) is 30.9.